The molecule has 0 spiro atoms. The van der Waals surface area contributed by atoms with E-state index >= 15 is 0 Å². The molecule has 11 heteroatoms. The molecule has 1 fully saturated rings. The predicted molar refractivity (Wildman–Crippen MR) is 127 cm³/mol. The SMILES string of the molecule is CN=C(NCCNS(=O)(=O)c1ccc(Cl)s1)NCC1(CCOC)CCCC1.I. The Kier molecular flexibility index (Phi) is 11.6. The van der Waals surface area contributed by atoms with Crippen molar-refractivity contribution < 1.29 is 13.2 Å². The van der Waals surface area contributed by atoms with Gasteiger partial charge in [0.15, 0.2) is 5.96 Å². The topological polar surface area (TPSA) is 91.8 Å². The molecule has 0 aliphatic heterocycles. The molecule has 3 N–H and O–H groups in total. The number of ether oxygens (including phenoxy) is 1. The van der Waals surface area contributed by atoms with E-state index < -0.39 is 10.0 Å². The van der Waals surface area contributed by atoms with Crippen LogP contribution in [0.4, 0.5) is 0 Å². The number of sulfonamides is 1. The second-order valence-corrected chi connectivity index (χ2v) is 10.5. The zero-order valence-corrected chi connectivity index (χ0v) is 21.0. The van der Waals surface area contributed by atoms with E-state index in [4.69, 9.17) is 16.3 Å². The maximum Gasteiger partial charge on any atom is 0.250 e. The Morgan fingerprint density at radius 2 is 2.00 bits per heavy atom. The Balaban J connectivity index is 0.00000392. The largest absolute Gasteiger partial charge is 0.385 e. The Labute approximate surface area is 194 Å². The first-order chi connectivity index (χ1) is 12.9. The van der Waals surface area contributed by atoms with Gasteiger partial charge in [-0.1, -0.05) is 24.4 Å². The van der Waals surface area contributed by atoms with Crippen LogP contribution in [0.1, 0.15) is 32.1 Å². The number of guanidine groups is 1. The fourth-order valence-electron chi connectivity index (χ4n) is 3.33. The lowest BCUT2D eigenvalue weighted by atomic mass is 9.83. The molecule has 1 aliphatic carbocycles. The molecule has 0 bridgehead atoms. The number of thiophene rings is 1. The number of hydrogen-bond acceptors (Lipinski definition) is 5. The first-order valence-electron chi connectivity index (χ1n) is 9.09. The average Bonchev–Trinajstić information content (AvgIpc) is 3.29. The third-order valence-electron chi connectivity index (χ3n) is 4.88. The number of nitrogens with one attached hydrogen (secondary N) is 3. The molecule has 7 nitrogen and oxygen atoms in total. The number of nitrogens with zero attached hydrogens (tertiary/aromatic N) is 1. The van der Waals surface area contributed by atoms with Crippen molar-refractivity contribution in [3.8, 4) is 0 Å². The Morgan fingerprint density at radius 3 is 2.57 bits per heavy atom. The van der Waals surface area contributed by atoms with Crippen LogP contribution < -0.4 is 15.4 Å². The van der Waals surface area contributed by atoms with Gasteiger partial charge in [-0.15, -0.1) is 35.3 Å². The van der Waals surface area contributed by atoms with Gasteiger partial charge in [0.25, 0.3) is 0 Å². The third kappa shape index (κ3) is 7.94. The molecule has 2 rings (SSSR count). The van der Waals surface area contributed by atoms with Crippen molar-refractivity contribution in [3.05, 3.63) is 16.5 Å². The summed E-state index contributed by atoms with van der Waals surface area (Å²) in [5.74, 6) is 0.678. The summed E-state index contributed by atoms with van der Waals surface area (Å²) < 4.78 is 32.8. The maximum absolute atomic E-state index is 12.2. The molecule has 0 saturated heterocycles. The number of aliphatic imine (C=N–C) groups is 1. The highest BCUT2D eigenvalue weighted by Crippen LogP contribution is 2.40. The van der Waals surface area contributed by atoms with E-state index in [0.29, 0.717) is 16.8 Å². The minimum absolute atomic E-state index is 0. The van der Waals surface area contributed by atoms with E-state index in [1.165, 1.54) is 31.7 Å². The Bertz CT molecular complexity index is 722. The second kappa shape index (κ2) is 12.5. The second-order valence-electron chi connectivity index (χ2n) is 6.76. The smallest absolute Gasteiger partial charge is 0.250 e. The molecule has 162 valence electrons. The lowest BCUT2D eigenvalue weighted by Crippen LogP contribution is -2.45. The molecule has 1 aromatic rings. The summed E-state index contributed by atoms with van der Waals surface area (Å²) in [6.45, 7) is 2.30. The van der Waals surface area contributed by atoms with E-state index in [-0.39, 0.29) is 40.1 Å². The van der Waals surface area contributed by atoms with Gasteiger partial charge in [-0.25, -0.2) is 13.1 Å². The van der Waals surface area contributed by atoms with Crippen LogP contribution in [-0.2, 0) is 14.8 Å². The van der Waals surface area contributed by atoms with Gasteiger partial charge in [0.05, 0.1) is 4.34 Å². The maximum atomic E-state index is 12.2. The van der Waals surface area contributed by atoms with Crippen LogP contribution in [0.5, 0.6) is 0 Å². The first kappa shape index (κ1) is 25.9. The van der Waals surface area contributed by atoms with Crippen molar-refractivity contribution in [1.82, 2.24) is 15.4 Å². The van der Waals surface area contributed by atoms with Gasteiger partial charge in [0.2, 0.25) is 10.0 Å². The minimum Gasteiger partial charge on any atom is -0.385 e. The number of rotatable bonds is 10. The summed E-state index contributed by atoms with van der Waals surface area (Å²) in [5.41, 5.74) is 0.258. The Hall–Kier alpha value is -0.140. The molecule has 1 saturated carbocycles. The molecule has 0 unspecified atom stereocenters. The molecule has 0 amide bonds. The quantitative estimate of drug-likeness (QED) is 0.176. The molecule has 0 radical (unpaired) electrons. The predicted octanol–water partition coefficient (Wildman–Crippen LogP) is 3.06. The van der Waals surface area contributed by atoms with Crippen LogP contribution in [0, 0.1) is 5.41 Å². The van der Waals surface area contributed by atoms with Gasteiger partial charge in [-0.2, -0.15) is 0 Å². The summed E-state index contributed by atoms with van der Waals surface area (Å²) in [6.07, 6.45) is 5.95. The van der Waals surface area contributed by atoms with Crippen molar-refractivity contribution >= 4 is 62.9 Å². The highest BCUT2D eigenvalue weighted by atomic mass is 127. The van der Waals surface area contributed by atoms with Gasteiger partial charge >= 0.3 is 0 Å². The van der Waals surface area contributed by atoms with E-state index in [2.05, 4.69) is 20.3 Å². The number of methoxy groups -OCH3 is 1. The molecular formula is C17H30ClIN4O3S2. The van der Waals surface area contributed by atoms with Gasteiger partial charge in [-0.3, -0.25) is 4.99 Å². The average molecular weight is 565 g/mol. The van der Waals surface area contributed by atoms with Gasteiger partial charge < -0.3 is 15.4 Å². The monoisotopic (exact) mass is 564 g/mol. The highest BCUT2D eigenvalue weighted by molar-refractivity contribution is 14.0. The number of halogens is 2. The van der Waals surface area contributed by atoms with Crippen LogP contribution in [-0.4, -0.2) is 54.8 Å². The molecule has 1 aromatic heterocycles. The standard InChI is InChI=1S/C17H29ClN4O3S2.HI/c1-19-16(21-13-17(9-12-25-2)7-3-4-8-17)20-10-11-22-27(23,24)15-6-5-14(18)26-15;/h5-6,22H,3-4,7-13H2,1-2H3,(H2,19,20,21);1H. The van der Waals surface area contributed by atoms with Crippen molar-refractivity contribution in [2.45, 2.75) is 36.3 Å². The van der Waals surface area contributed by atoms with E-state index in [1.54, 1.807) is 20.2 Å². The summed E-state index contributed by atoms with van der Waals surface area (Å²) in [5, 5.41) is 6.54. The lowest BCUT2D eigenvalue weighted by molar-refractivity contribution is 0.138. The van der Waals surface area contributed by atoms with Crippen molar-refractivity contribution in [1.29, 1.82) is 0 Å². The van der Waals surface area contributed by atoms with Crippen molar-refractivity contribution in [3.63, 3.8) is 0 Å². The van der Waals surface area contributed by atoms with E-state index in [1.807, 2.05) is 0 Å². The summed E-state index contributed by atoms with van der Waals surface area (Å²) in [4.78, 5) is 4.23. The highest BCUT2D eigenvalue weighted by Gasteiger charge is 2.33. The molecule has 0 aromatic carbocycles. The summed E-state index contributed by atoms with van der Waals surface area (Å²) >= 11 is 6.84. The fraction of sp³-hybridized carbons (Fsp3) is 0.706. The zero-order valence-electron chi connectivity index (χ0n) is 16.3. The van der Waals surface area contributed by atoms with E-state index in [0.717, 1.165) is 30.9 Å². The minimum atomic E-state index is -3.52. The van der Waals surface area contributed by atoms with Crippen LogP contribution in [0.25, 0.3) is 0 Å². The molecule has 28 heavy (non-hydrogen) atoms. The lowest BCUT2D eigenvalue weighted by Gasteiger charge is -2.30. The number of hydrogen-bond donors (Lipinski definition) is 3. The van der Waals surface area contributed by atoms with Gasteiger partial charge in [0.1, 0.15) is 4.21 Å². The summed E-state index contributed by atoms with van der Waals surface area (Å²) in [6, 6.07) is 3.08. The third-order valence-corrected chi connectivity index (χ3v) is 8.06. The molecule has 0 atom stereocenters. The van der Waals surface area contributed by atoms with Crippen LogP contribution in [0.15, 0.2) is 21.3 Å². The summed E-state index contributed by atoms with van der Waals surface area (Å²) in [7, 11) is -0.0699. The van der Waals surface area contributed by atoms with E-state index in [9.17, 15) is 8.42 Å². The van der Waals surface area contributed by atoms with Crippen LogP contribution >= 0.6 is 46.9 Å². The normalized spacial score (nSPS) is 16.6. The van der Waals surface area contributed by atoms with Crippen LogP contribution in [0.3, 0.4) is 0 Å². The zero-order chi connectivity index (χ0) is 19.8. The Morgan fingerprint density at radius 1 is 1.29 bits per heavy atom. The molecular weight excluding hydrogens is 535 g/mol. The first-order valence-corrected chi connectivity index (χ1v) is 11.8. The molecule has 1 aliphatic rings. The van der Waals surface area contributed by atoms with Crippen LogP contribution in [0.2, 0.25) is 4.34 Å². The van der Waals surface area contributed by atoms with Crippen molar-refractivity contribution in [2.24, 2.45) is 10.4 Å². The molecule has 1 heterocycles. The fourth-order valence-corrected chi connectivity index (χ4v) is 5.89. The van der Waals surface area contributed by atoms with Gasteiger partial charge in [-0.05, 0) is 36.8 Å². The van der Waals surface area contributed by atoms with Gasteiger partial charge in [0, 0.05) is 40.4 Å². The van der Waals surface area contributed by atoms with Crippen molar-refractivity contribution in [2.75, 3.05) is 40.4 Å².